The average molecular weight is 549 g/mol. The third-order valence-corrected chi connectivity index (χ3v) is 4.42. The van der Waals surface area contributed by atoms with Crippen LogP contribution in [-0.4, -0.2) is 66.2 Å². The van der Waals surface area contributed by atoms with Crippen molar-refractivity contribution in [1.82, 2.24) is 21.3 Å². The molecule has 1 heterocycles. The maximum atomic E-state index is 11.1. The molecule has 0 radical (unpaired) electrons. The average Bonchev–Trinajstić information content (AvgIpc) is 3.04. The Labute approximate surface area is 213 Å². The number of carboxylic acids is 1. The third kappa shape index (κ3) is 15.6. The lowest BCUT2D eigenvalue weighted by atomic mass is 10.0. The number of aliphatic carboxylic acids is 1. The molecule has 37 heavy (non-hydrogen) atoms. The quantitative estimate of drug-likeness (QED) is 0.143. The standard InChI is InChI=1S/C9H18N2O3.C7H8O4S.C4H6N4O3/c1-5(2)4-7(9(13)14)11-8(12)6(3)10;1-6-2-4-7(5-3-6)11-12(8,9)10;5-3(10)6-1-2(9)8-4(11)7-1/h5-7H,4,10H2,1-3H3,(H,11,12)(H,13,14);2-5H,1H3,(H,8,9,10);1H,(H3,5,6,10)(H2,7,8,9,11). The molecule has 1 fully saturated rings. The molecule has 2 rings (SSSR count). The highest BCUT2D eigenvalue weighted by Gasteiger charge is 2.29. The van der Waals surface area contributed by atoms with E-state index in [1.54, 1.807) is 12.1 Å². The maximum Gasteiger partial charge on any atom is 0.446 e. The van der Waals surface area contributed by atoms with Crippen LogP contribution in [0.25, 0.3) is 0 Å². The Morgan fingerprint density at radius 1 is 1.14 bits per heavy atom. The van der Waals surface area contributed by atoms with Gasteiger partial charge in [-0.05, 0) is 38.3 Å². The van der Waals surface area contributed by atoms with Crippen LogP contribution in [-0.2, 0) is 24.8 Å². The predicted molar refractivity (Wildman–Crippen MR) is 129 cm³/mol. The Kier molecular flexibility index (Phi) is 13.6. The van der Waals surface area contributed by atoms with Gasteiger partial charge in [0.25, 0.3) is 5.91 Å². The Morgan fingerprint density at radius 2 is 1.68 bits per heavy atom. The number of primary amides is 1. The predicted octanol–water partition coefficient (Wildman–Crippen LogP) is -1.05. The third-order valence-electron chi connectivity index (χ3n) is 4.02. The first-order valence-electron chi connectivity index (χ1n) is 10.6. The molecular formula is C20H32N6O10S. The Morgan fingerprint density at radius 3 is 2.03 bits per heavy atom. The molecule has 1 aliphatic rings. The van der Waals surface area contributed by atoms with E-state index in [-0.39, 0.29) is 11.7 Å². The van der Waals surface area contributed by atoms with Crippen LogP contribution in [0, 0.1) is 12.8 Å². The van der Waals surface area contributed by atoms with Crippen LogP contribution < -0.4 is 36.9 Å². The van der Waals surface area contributed by atoms with Gasteiger partial charge in [0.2, 0.25) is 5.91 Å². The second kappa shape index (κ2) is 15.2. The van der Waals surface area contributed by atoms with Gasteiger partial charge in [-0.15, -0.1) is 0 Å². The molecule has 3 unspecified atom stereocenters. The van der Waals surface area contributed by atoms with E-state index in [0.717, 1.165) is 5.56 Å². The molecule has 1 aromatic carbocycles. The number of amides is 6. The molecule has 3 atom stereocenters. The van der Waals surface area contributed by atoms with E-state index in [0.29, 0.717) is 6.42 Å². The molecule has 16 nitrogen and oxygen atoms in total. The van der Waals surface area contributed by atoms with Crippen molar-refractivity contribution in [2.24, 2.45) is 17.4 Å². The Balaban J connectivity index is 0.000000529. The van der Waals surface area contributed by atoms with Crippen LogP contribution in [0.3, 0.4) is 0 Å². The summed E-state index contributed by atoms with van der Waals surface area (Å²) in [7, 11) is -4.39. The van der Waals surface area contributed by atoms with Gasteiger partial charge in [0, 0.05) is 0 Å². The Bertz CT molecular complexity index is 1060. The first kappa shape index (κ1) is 33.0. The number of carboxylic acid groups (broad SMARTS) is 1. The molecule has 0 saturated carbocycles. The van der Waals surface area contributed by atoms with Crippen molar-refractivity contribution in [3.8, 4) is 5.75 Å². The molecule has 0 bridgehead atoms. The summed E-state index contributed by atoms with van der Waals surface area (Å²) >= 11 is 0. The summed E-state index contributed by atoms with van der Waals surface area (Å²) in [4.78, 5) is 53.1. The lowest BCUT2D eigenvalue weighted by molar-refractivity contribution is -0.142. The number of nitrogens with one attached hydrogen (secondary N) is 4. The summed E-state index contributed by atoms with van der Waals surface area (Å²) in [6.07, 6.45) is -0.631. The zero-order chi connectivity index (χ0) is 28.9. The van der Waals surface area contributed by atoms with Crippen molar-refractivity contribution in [1.29, 1.82) is 0 Å². The van der Waals surface area contributed by atoms with E-state index in [1.807, 2.05) is 31.4 Å². The number of carbonyl (C=O) groups excluding carboxylic acids is 4. The molecule has 10 N–H and O–H groups in total. The number of urea groups is 2. The molecule has 0 aromatic heterocycles. The van der Waals surface area contributed by atoms with Crippen molar-refractivity contribution in [3.05, 3.63) is 29.8 Å². The zero-order valence-corrected chi connectivity index (χ0v) is 21.4. The lowest BCUT2D eigenvalue weighted by Crippen LogP contribution is -2.48. The van der Waals surface area contributed by atoms with Gasteiger partial charge >= 0.3 is 28.4 Å². The van der Waals surface area contributed by atoms with Crippen molar-refractivity contribution < 1.29 is 46.2 Å². The fourth-order valence-corrected chi connectivity index (χ4v) is 2.73. The van der Waals surface area contributed by atoms with Gasteiger partial charge in [0.05, 0.1) is 6.04 Å². The number of aryl methyl sites for hydroxylation is 1. The van der Waals surface area contributed by atoms with Gasteiger partial charge in [-0.3, -0.25) is 19.5 Å². The molecule has 208 valence electrons. The Hall–Kier alpha value is -3.96. The van der Waals surface area contributed by atoms with Crippen LogP contribution in [0.15, 0.2) is 24.3 Å². The number of benzene rings is 1. The molecule has 1 saturated heterocycles. The number of rotatable bonds is 8. The monoisotopic (exact) mass is 548 g/mol. The summed E-state index contributed by atoms with van der Waals surface area (Å²) in [6, 6.07) is 3.26. The highest BCUT2D eigenvalue weighted by atomic mass is 32.3. The topological polar surface area (TPSA) is 269 Å². The van der Waals surface area contributed by atoms with E-state index in [2.05, 4.69) is 14.8 Å². The van der Waals surface area contributed by atoms with E-state index in [9.17, 15) is 32.4 Å². The van der Waals surface area contributed by atoms with Gasteiger partial charge in [-0.25, -0.2) is 14.4 Å². The minimum absolute atomic E-state index is 0.100. The maximum absolute atomic E-state index is 11.1. The van der Waals surface area contributed by atoms with E-state index in [1.165, 1.54) is 19.1 Å². The van der Waals surface area contributed by atoms with Crippen LogP contribution in [0.2, 0.25) is 0 Å². The second-order valence-electron chi connectivity index (χ2n) is 8.05. The van der Waals surface area contributed by atoms with Gasteiger partial charge < -0.3 is 36.7 Å². The van der Waals surface area contributed by atoms with E-state index in [4.69, 9.17) is 21.1 Å². The van der Waals surface area contributed by atoms with Crippen molar-refractivity contribution in [3.63, 3.8) is 0 Å². The van der Waals surface area contributed by atoms with Crippen LogP contribution in [0.5, 0.6) is 5.75 Å². The van der Waals surface area contributed by atoms with Crippen molar-refractivity contribution in [2.75, 3.05) is 0 Å². The number of carbonyl (C=O) groups is 5. The summed E-state index contributed by atoms with van der Waals surface area (Å²) < 4.78 is 32.9. The number of hydrogen-bond donors (Lipinski definition) is 8. The smallest absolute Gasteiger partial charge is 0.446 e. The summed E-state index contributed by atoms with van der Waals surface area (Å²) in [6.45, 7) is 7.17. The first-order valence-corrected chi connectivity index (χ1v) is 12.0. The van der Waals surface area contributed by atoms with Gasteiger partial charge in [0.15, 0.2) is 6.17 Å². The largest absolute Gasteiger partial charge is 0.480 e. The molecular weight excluding hydrogens is 516 g/mol. The number of hydrogen-bond acceptors (Lipinski definition) is 9. The van der Waals surface area contributed by atoms with Crippen LogP contribution >= 0.6 is 0 Å². The highest BCUT2D eigenvalue weighted by molar-refractivity contribution is 7.81. The van der Waals surface area contributed by atoms with Gasteiger partial charge in [0.1, 0.15) is 11.8 Å². The fourth-order valence-electron chi connectivity index (χ4n) is 2.37. The van der Waals surface area contributed by atoms with Crippen LogP contribution in [0.1, 0.15) is 32.8 Å². The molecule has 1 aliphatic heterocycles. The molecule has 6 amide bonds. The zero-order valence-electron chi connectivity index (χ0n) is 20.5. The molecule has 0 spiro atoms. The van der Waals surface area contributed by atoms with Crippen LogP contribution in [0.4, 0.5) is 9.59 Å². The van der Waals surface area contributed by atoms with Gasteiger partial charge in [-0.2, -0.15) is 8.42 Å². The van der Waals surface area contributed by atoms with E-state index >= 15 is 0 Å². The SMILES string of the molecule is CC(C)CC(NC(=O)C(C)N)C(=O)O.Cc1ccc(OS(=O)(=O)O)cc1.NC(=O)NC1NC(=O)NC1=O. The highest BCUT2D eigenvalue weighted by Crippen LogP contribution is 2.12. The number of nitrogens with two attached hydrogens (primary N) is 2. The lowest BCUT2D eigenvalue weighted by Gasteiger charge is -2.17. The minimum Gasteiger partial charge on any atom is -0.480 e. The van der Waals surface area contributed by atoms with Crippen molar-refractivity contribution in [2.45, 2.75) is 52.4 Å². The summed E-state index contributed by atoms with van der Waals surface area (Å²) in [5, 5.41) is 17.2. The molecule has 0 aliphatic carbocycles. The van der Waals surface area contributed by atoms with Gasteiger partial charge in [-0.1, -0.05) is 31.5 Å². The van der Waals surface area contributed by atoms with E-state index < -0.39 is 58.5 Å². The minimum atomic E-state index is -4.39. The fraction of sp³-hybridized carbons (Fsp3) is 0.450. The summed E-state index contributed by atoms with van der Waals surface area (Å²) in [5.74, 6) is -1.76. The number of imide groups is 1. The summed E-state index contributed by atoms with van der Waals surface area (Å²) in [5.41, 5.74) is 11.0. The second-order valence-corrected chi connectivity index (χ2v) is 9.07. The van der Waals surface area contributed by atoms with Crippen molar-refractivity contribution >= 4 is 40.2 Å². The first-order chi connectivity index (χ1) is 16.9. The molecule has 17 heteroatoms. The normalized spacial score (nSPS) is 15.9. The molecule has 1 aromatic rings.